The molecule has 5 atom stereocenters. The SMILES string of the molecule is COC(=O)CCCCCCCCO[C@@H]1OC(CO)[C@H](O)C(O)C1N. The zero-order valence-electron chi connectivity index (χ0n) is 14.3. The molecular formula is C16H31NO7. The molecule has 8 heteroatoms. The van der Waals surface area contributed by atoms with Crippen molar-refractivity contribution in [1.29, 1.82) is 0 Å². The minimum absolute atomic E-state index is 0.166. The van der Waals surface area contributed by atoms with Gasteiger partial charge < -0.3 is 35.3 Å². The number of unbranched alkanes of at least 4 members (excludes halogenated alkanes) is 5. The van der Waals surface area contributed by atoms with Gasteiger partial charge in [-0.2, -0.15) is 0 Å². The van der Waals surface area contributed by atoms with Crippen LogP contribution in [-0.4, -0.2) is 72.3 Å². The van der Waals surface area contributed by atoms with Crippen molar-refractivity contribution in [3.05, 3.63) is 0 Å². The summed E-state index contributed by atoms with van der Waals surface area (Å²) in [5, 5.41) is 28.6. The maximum atomic E-state index is 10.9. The van der Waals surface area contributed by atoms with Crippen LogP contribution in [0.4, 0.5) is 0 Å². The maximum Gasteiger partial charge on any atom is 0.305 e. The summed E-state index contributed by atoms with van der Waals surface area (Å²) in [5.74, 6) is -0.166. The van der Waals surface area contributed by atoms with Crippen molar-refractivity contribution in [3.63, 3.8) is 0 Å². The number of aliphatic hydroxyl groups is 3. The summed E-state index contributed by atoms with van der Waals surface area (Å²) in [7, 11) is 1.40. The molecule has 142 valence electrons. The van der Waals surface area contributed by atoms with E-state index in [0.29, 0.717) is 13.0 Å². The highest BCUT2D eigenvalue weighted by Crippen LogP contribution is 2.21. The molecule has 1 aliphatic rings. The molecule has 1 heterocycles. The monoisotopic (exact) mass is 349 g/mol. The highest BCUT2D eigenvalue weighted by molar-refractivity contribution is 5.68. The van der Waals surface area contributed by atoms with E-state index in [1.807, 2.05) is 0 Å². The Kier molecular flexibility index (Phi) is 10.4. The van der Waals surface area contributed by atoms with Crippen molar-refractivity contribution in [2.75, 3.05) is 20.3 Å². The van der Waals surface area contributed by atoms with Crippen LogP contribution < -0.4 is 5.73 Å². The number of hydrogen-bond acceptors (Lipinski definition) is 8. The van der Waals surface area contributed by atoms with Gasteiger partial charge in [0.15, 0.2) is 6.29 Å². The van der Waals surface area contributed by atoms with Crippen LogP contribution in [-0.2, 0) is 19.0 Å². The number of nitrogens with two attached hydrogens (primary N) is 1. The summed E-state index contributed by atoms with van der Waals surface area (Å²) in [5.41, 5.74) is 5.78. The number of methoxy groups -OCH3 is 1. The van der Waals surface area contributed by atoms with E-state index in [2.05, 4.69) is 4.74 Å². The first-order chi connectivity index (χ1) is 11.5. The first-order valence-corrected chi connectivity index (χ1v) is 8.57. The molecule has 1 aliphatic heterocycles. The van der Waals surface area contributed by atoms with Gasteiger partial charge in [0.25, 0.3) is 0 Å². The summed E-state index contributed by atoms with van der Waals surface area (Å²) in [6, 6.07) is -0.846. The van der Waals surface area contributed by atoms with Gasteiger partial charge in [-0.05, 0) is 12.8 Å². The summed E-state index contributed by atoms with van der Waals surface area (Å²) in [6.45, 7) is 0.0257. The molecule has 24 heavy (non-hydrogen) atoms. The average molecular weight is 349 g/mol. The molecule has 1 fully saturated rings. The molecule has 0 aromatic rings. The largest absolute Gasteiger partial charge is 0.469 e. The molecule has 0 spiro atoms. The number of carbonyl (C=O) groups is 1. The van der Waals surface area contributed by atoms with Gasteiger partial charge in [0, 0.05) is 13.0 Å². The van der Waals surface area contributed by atoms with Crippen LogP contribution >= 0.6 is 0 Å². The number of rotatable bonds is 11. The van der Waals surface area contributed by atoms with Crippen LogP contribution in [0.2, 0.25) is 0 Å². The lowest BCUT2D eigenvalue weighted by molar-refractivity contribution is -0.265. The second-order valence-electron chi connectivity index (χ2n) is 6.10. The predicted molar refractivity (Wildman–Crippen MR) is 86.0 cm³/mol. The standard InChI is InChI=1S/C16H31NO7/c1-22-12(19)8-6-4-2-3-5-7-9-23-16-13(17)15(21)14(20)11(10-18)24-16/h11,13-16,18,20-21H,2-10,17H2,1H3/t11?,13?,14-,15?,16+/m0/s1. The lowest BCUT2D eigenvalue weighted by Gasteiger charge is -2.40. The van der Waals surface area contributed by atoms with Crippen molar-refractivity contribution in [1.82, 2.24) is 0 Å². The van der Waals surface area contributed by atoms with Gasteiger partial charge in [0.2, 0.25) is 0 Å². The topological polar surface area (TPSA) is 131 Å². The molecule has 0 aromatic heterocycles. The number of aliphatic hydroxyl groups excluding tert-OH is 3. The second-order valence-corrected chi connectivity index (χ2v) is 6.10. The van der Waals surface area contributed by atoms with Crippen molar-refractivity contribution in [2.45, 2.75) is 75.6 Å². The molecule has 3 unspecified atom stereocenters. The molecule has 1 saturated heterocycles. The zero-order chi connectivity index (χ0) is 17.9. The van der Waals surface area contributed by atoms with E-state index in [0.717, 1.165) is 38.5 Å². The van der Waals surface area contributed by atoms with Gasteiger partial charge in [-0.3, -0.25) is 4.79 Å². The number of carbonyl (C=O) groups excluding carboxylic acids is 1. The summed E-state index contributed by atoms with van der Waals surface area (Å²) in [4.78, 5) is 10.9. The minimum atomic E-state index is -1.21. The fraction of sp³-hybridized carbons (Fsp3) is 0.938. The number of esters is 1. The molecule has 1 rings (SSSR count). The van der Waals surface area contributed by atoms with Crippen LogP contribution in [0.15, 0.2) is 0 Å². The van der Waals surface area contributed by atoms with E-state index in [1.54, 1.807) is 0 Å². The van der Waals surface area contributed by atoms with E-state index in [1.165, 1.54) is 7.11 Å². The Hall–Kier alpha value is -0.770. The minimum Gasteiger partial charge on any atom is -0.469 e. The first-order valence-electron chi connectivity index (χ1n) is 8.57. The number of hydrogen-bond donors (Lipinski definition) is 4. The number of ether oxygens (including phenoxy) is 3. The van der Waals surface area contributed by atoms with E-state index in [-0.39, 0.29) is 5.97 Å². The molecule has 8 nitrogen and oxygen atoms in total. The molecule has 0 radical (unpaired) electrons. The van der Waals surface area contributed by atoms with E-state index < -0.39 is 37.3 Å². The predicted octanol–water partition coefficient (Wildman–Crippen LogP) is -0.327. The summed E-state index contributed by atoms with van der Waals surface area (Å²) < 4.78 is 15.5. The fourth-order valence-electron chi connectivity index (χ4n) is 2.63. The van der Waals surface area contributed by atoms with Crippen molar-refractivity contribution in [3.8, 4) is 0 Å². The Bertz CT molecular complexity index is 353. The summed E-state index contributed by atoms with van der Waals surface area (Å²) >= 11 is 0. The normalized spacial score (nSPS) is 30.3. The Morgan fingerprint density at radius 2 is 1.71 bits per heavy atom. The molecule has 0 amide bonds. The van der Waals surface area contributed by atoms with Crippen LogP contribution in [0.1, 0.15) is 44.9 Å². The highest BCUT2D eigenvalue weighted by atomic mass is 16.7. The molecular weight excluding hydrogens is 318 g/mol. The third-order valence-corrected chi connectivity index (χ3v) is 4.21. The quantitative estimate of drug-likeness (QED) is 0.295. The molecule has 0 aromatic carbocycles. The van der Waals surface area contributed by atoms with Crippen LogP contribution in [0.5, 0.6) is 0 Å². The summed E-state index contributed by atoms with van der Waals surface area (Å²) in [6.07, 6.45) is 2.09. The Labute approximate surface area is 142 Å². The van der Waals surface area contributed by atoms with Gasteiger partial charge in [0.1, 0.15) is 18.3 Å². The Morgan fingerprint density at radius 3 is 2.33 bits per heavy atom. The van der Waals surface area contributed by atoms with Crippen molar-refractivity contribution in [2.24, 2.45) is 5.73 Å². The van der Waals surface area contributed by atoms with Crippen molar-refractivity contribution < 1.29 is 34.3 Å². The zero-order valence-corrected chi connectivity index (χ0v) is 14.3. The van der Waals surface area contributed by atoms with Crippen LogP contribution in [0.3, 0.4) is 0 Å². The second kappa shape index (κ2) is 11.7. The third-order valence-electron chi connectivity index (χ3n) is 4.21. The van der Waals surface area contributed by atoms with Gasteiger partial charge in [0.05, 0.1) is 19.8 Å². The maximum absolute atomic E-state index is 10.9. The smallest absolute Gasteiger partial charge is 0.305 e. The molecule has 5 N–H and O–H groups in total. The van der Waals surface area contributed by atoms with Gasteiger partial charge in [-0.1, -0.05) is 25.7 Å². The van der Waals surface area contributed by atoms with Crippen LogP contribution in [0, 0.1) is 0 Å². The molecule has 0 aliphatic carbocycles. The van der Waals surface area contributed by atoms with Crippen molar-refractivity contribution >= 4 is 5.97 Å². The Balaban J connectivity index is 2.07. The van der Waals surface area contributed by atoms with Gasteiger partial charge >= 0.3 is 5.97 Å². The lowest BCUT2D eigenvalue weighted by atomic mass is 9.98. The highest BCUT2D eigenvalue weighted by Gasteiger charge is 2.42. The Morgan fingerprint density at radius 1 is 1.08 bits per heavy atom. The van der Waals surface area contributed by atoms with E-state index in [9.17, 15) is 15.0 Å². The fourth-order valence-corrected chi connectivity index (χ4v) is 2.63. The lowest BCUT2D eigenvalue weighted by Crippen LogP contribution is -2.62. The molecule has 0 saturated carbocycles. The third kappa shape index (κ3) is 7.00. The molecule has 0 bridgehead atoms. The van der Waals surface area contributed by atoms with E-state index >= 15 is 0 Å². The van der Waals surface area contributed by atoms with Crippen LogP contribution in [0.25, 0.3) is 0 Å². The van der Waals surface area contributed by atoms with Gasteiger partial charge in [-0.15, -0.1) is 0 Å². The van der Waals surface area contributed by atoms with Gasteiger partial charge in [-0.25, -0.2) is 0 Å². The first kappa shape index (κ1) is 21.3. The average Bonchev–Trinajstić information content (AvgIpc) is 2.59. The van der Waals surface area contributed by atoms with E-state index in [4.69, 9.17) is 20.3 Å².